The molecule has 3 heteroatoms. The third kappa shape index (κ3) is 4.58. The van der Waals surface area contributed by atoms with E-state index in [4.69, 9.17) is 4.74 Å². The lowest BCUT2D eigenvalue weighted by molar-refractivity contribution is 0.405. The van der Waals surface area contributed by atoms with Gasteiger partial charge in [0.15, 0.2) is 0 Å². The summed E-state index contributed by atoms with van der Waals surface area (Å²) in [4.78, 5) is 1.21. The Morgan fingerprint density at radius 3 is 2.73 bits per heavy atom. The molecule has 0 heterocycles. The van der Waals surface area contributed by atoms with Gasteiger partial charge < -0.3 is 10.1 Å². The van der Waals surface area contributed by atoms with E-state index in [9.17, 15) is 0 Å². The van der Waals surface area contributed by atoms with Crippen LogP contribution in [0.15, 0.2) is 29.2 Å². The van der Waals surface area contributed by atoms with Crippen LogP contribution in [0, 0.1) is 0 Å². The lowest BCUT2D eigenvalue weighted by Gasteiger charge is -2.09. The first-order valence-electron chi connectivity index (χ1n) is 5.23. The molecule has 1 aromatic rings. The van der Waals surface area contributed by atoms with E-state index < -0.39 is 0 Å². The fourth-order valence-corrected chi connectivity index (χ4v) is 2.15. The van der Waals surface area contributed by atoms with Crippen LogP contribution in [0.4, 0.5) is 0 Å². The topological polar surface area (TPSA) is 21.3 Å². The Morgan fingerprint density at radius 1 is 1.33 bits per heavy atom. The van der Waals surface area contributed by atoms with E-state index in [0.29, 0.717) is 6.04 Å². The molecule has 0 spiro atoms. The predicted octanol–water partition coefficient (Wildman–Crippen LogP) is 2.79. The molecule has 0 unspecified atom stereocenters. The largest absolute Gasteiger partial charge is 0.496 e. The Balaban J connectivity index is 2.36. The minimum atomic E-state index is 0.559. The molecule has 0 aliphatic rings. The number of para-hydroxylation sites is 1. The molecule has 0 radical (unpaired) electrons. The Labute approximate surface area is 96.4 Å². The minimum Gasteiger partial charge on any atom is -0.496 e. The van der Waals surface area contributed by atoms with Gasteiger partial charge in [-0.25, -0.2) is 0 Å². The van der Waals surface area contributed by atoms with Crippen molar-refractivity contribution in [3.05, 3.63) is 24.3 Å². The van der Waals surface area contributed by atoms with Gasteiger partial charge in [0.05, 0.1) is 7.11 Å². The van der Waals surface area contributed by atoms with Crippen molar-refractivity contribution in [2.75, 3.05) is 19.4 Å². The Kier molecular flexibility index (Phi) is 5.58. The zero-order chi connectivity index (χ0) is 11.1. The summed E-state index contributed by atoms with van der Waals surface area (Å²) in [6.45, 7) is 5.35. The number of nitrogens with one attached hydrogen (secondary N) is 1. The average Bonchev–Trinajstić information content (AvgIpc) is 2.24. The van der Waals surface area contributed by atoms with Crippen molar-refractivity contribution >= 4 is 11.8 Å². The molecule has 1 N–H and O–H groups in total. The van der Waals surface area contributed by atoms with Gasteiger partial charge in [0.25, 0.3) is 0 Å². The van der Waals surface area contributed by atoms with Crippen LogP contribution in [0.25, 0.3) is 0 Å². The number of thioether (sulfide) groups is 1. The third-order valence-electron chi connectivity index (χ3n) is 1.98. The molecule has 0 fully saturated rings. The molecular weight excluding hydrogens is 206 g/mol. The van der Waals surface area contributed by atoms with E-state index in [1.165, 1.54) is 4.90 Å². The van der Waals surface area contributed by atoms with Crippen molar-refractivity contribution in [1.29, 1.82) is 0 Å². The van der Waals surface area contributed by atoms with Gasteiger partial charge in [0, 0.05) is 23.2 Å². The highest BCUT2D eigenvalue weighted by Crippen LogP contribution is 2.28. The van der Waals surface area contributed by atoms with Gasteiger partial charge in [-0.1, -0.05) is 26.0 Å². The Hall–Kier alpha value is -0.670. The summed E-state index contributed by atoms with van der Waals surface area (Å²) in [6, 6.07) is 8.69. The van der Waals surface area contributed by atoms with Crippen molar-refractivity contribution in [2.24, 2.45) is 0 Å². The molecule has 0 saturated heterocycles. The first-order chi connectivity index (χ1) is 7.24. The first-order valence-corrected chi connectivity index (χ1v) is 6.22. The lowest BCUT2D eigenvalue weighted by atomic mass is 10.3. The van der Waals surface area contributed by atoms with E-state index >= 15 is 0 Å². The Morgan fingerprint density at radius 2 is 2.07 bits per heavy atom. The maximum atomic E-state index is 5.28. The normalized spacial score (nSPS) is 10.7. The second-order valence-corrected chi connectivity index (χ2v) is 4.74. The molecule has 0 saturated carbocycles. The molecule has 0 aliphatic carbocycles. The number of rotatable bonds is 6. The summed E-state index contributed by atoms with van der Waals surface area (Å²) in [5.74, 6) is 2.03. The van der Waals surface area contributed by atoms with Gasteiger partial charge in [-0.05, 0) is 12.1 Å². The maximum Gasteiger partial charge on any atom is 0.132 e. The molecule has 15 heavy (non-hydrogen) atoms. The standard InChI is InChI=1S/C12H19NOS/c1-10(2)13-8-9-15-12-7-5-4-6-11(12)14-3/h4-7,10,13H,8-9H2,1-3H3. The van der Waals surface area contributed by atoms with Crippen LogP contribution < -0.4 is 10.1 Å². The van der Waals surface area contributed by atoms with Gasteiger partial charge in [-0.2, -0.15) is 0 Å². The smallest absolute Gasteiger partial charge is 0.132 e. The van der Waals surface area contributed by atoms with E-state index in [1.54, 1.807) is 7.11 Å². The fourth-order valence-electron chi connectivity index (χ4n) is 1.25. The van der Waals surface area contributed by atoms with Gasteiger partial charge in [-0.15, -0.1) is 11.8 Å². The van der Waals surface area contributed by atoms with E-state index in [2.05, 4.69) is 25.2 Å². The van der Waals surface area contributed by atoms with Gasteiger partial charge in [0.1, 0.15) is 5.75 Å². The number of hydrogen-bond acceptors (Lipinski definition) is 3. The third-order valence-corrected chi connectivity index (χ3v) is 3.04. The van der Waals surface area contributed by atoms with Crippen molar-refractivity contribution in [3.63, 3.8) is 0 Å². The summed E-state index contributed by atoms with van der Waals surface area (Å²) in [5.41, 5.74) is 0. The number of methoxy groups -OCH3 is 1. The van der Waals surface area contributed by atoms with Crippen molar-refractivity contribution in [2.45, 2.75) is 24.8 Å². The van der Waals surface area contributed by atoms with Gasteiger partial charge in [-0.3, -0.25) is 0 Å². The molecule has 0 aromatic heterocycles. The summed E-state index contributed by atoms with van der Waals surface area (Å²) in [7, 11) is 1.71. The lowest BCUT2D eigenvalue weighted by Crippen LogP contribution is -2.24. The molecule has 0 aliphatic heterocycles. The van der Waals surface area contributed by atoms with Crippen LogP contribution in [0.5, 0.6) is 5.75 Å². The second kappa shape index (κ2) is 6.75. The summed E-state index contributed by atoms with van der Waals surface area (Å²) in [5, 5.41) is 3.39. The van der Waals surface area contributed by atoms with Crippen LogP contribution in [0.2, 0.25) is 0 Å². The summed E-state index contributed by atoms with van der Waals surface area (Å²) in [6.07, 6.45) is 0. The molecular formula is C12H19NOS. The molecule has 0 bridgehead atoms. The van der Waals surface area contributed by atoms with E-state index in [0.717, 1.165) is 18.0 Å². The van der Waals surface area contributed by atoms with E-state index in [1.807, 2.05) is 30.0 Å². The minimum absolute atomic E-state index is 0.559. The zero-order valence-electron chi connectivity index (χ0n) is 9.62. The van der Waals surface area contributed by atoms with Crippen LogP contribution in [-0.2, 0) is 0 Å². The van der Waals surface area contributed by atoms with Crippen molar-refractivity contribution in [1.82, 2.24) is 5.32 Å². The maximum absolute atomic E-state index is 5.28. The molecule has 0 atom stereocenters. The quantitative estimate of drug-likeness (QED) is 0.594. The molecule has 1 aromatic carbocycles. The van der Waals surface area contributed by atoms with Crippen molar-refractivity contribution in [3.8, 4) is 5.75 Å². The van der Waals surface area contributed by atoms with E-state index in [-0.39, 0.29) is 0 Å². The van der Waals surface area contributed by atoms with Crippen LogP contribution >= 0.6 is 11.8 Å². The Bertz CT molecular complexity index is 289. The van der Waals surface area contributed by atoms with Crippen LogP contribution in [0.3, 0.4) is 0 Å². The number of ether oxygens (including phenoxy) is 1. The van der Waals surface area contributed by atoms with Crippen LogP contribution in [0.1, 0.15) is 13.8 Å². The number of benzene rings is 1. The summed E-state index contributed by atoms with van der Waals surface area (Å²) < 4.78 is 5.28. The molecule has 2 nitrogen and oxygen atoms in total. The highest BCUT2D eigenvalue weighted by atomic mass is 32.2. The van der Waals surface area contributed by atoms with Crippen molar-refractivity contribution < 1.29 is 4.74 Å². The van der Waals surface area contributed by atoms with Gasteiger partial charge >= 0.3 is 0 Å². The second-order valence-electron chi connectivity index (χ2n) is 3.61. The SMILES string of the molecule is COc1ccccc1SCCNC(C)C. The number of hydrogen-bond donors (Lipinski definition) is 1. The predicted molar refractivity (Wildman–Crippen MR) is 66.9 cm³/mol. The first kappa shape index (κ1) is 12.4. The molecule has 84 valence electrons. The highest BCUT2D eigenvalue weighted by Gasteiger charge is 2.01. The summed E-state index contributed by atoms with van der Waals surface area (Å²) >= 11 is 1.83. The zero-order valence-corrected chi connectivity index (χ0v) is 10.4. The average molecular weight is 225 g/mol. The van der Waals surface area contributed by atoms with Gasteiger partial charge in [0.2, 0.25) is 0 Å². The molecule has 0 amide bonds. The fraction of sp³-hybridized carbons (Fsp3) is 0.500. The van der Waals surface area contributed by atoms with Crippen LogP contribution in [-0.4, -0.2) is 25.4 Å². The molecule has 1 rings (SSSR count). The highest BCUT2D eigenvalue weighted by molar-refractivity contribution is 7.99. The monoisotopic (exact) mass is 225 g/mol.